The Morgan fingerprint density at radius 1 is 0.943 bits per heavy atom. The second-order valence-electron chi connectivity index (χ2n) is 9.98. The maximum Gasteiger partial charge on any atom is 0.416 e. The first kappa shape index (κ1) is 27.3. The Labute approximate surface area is 209 Å². The van der Waals surface area contributed by atoms with Gasteiger partial charge in [0.05, 0.1) is 17.0 Å². The van der Waals surface area contributed by atoms with Crippen molar-refractivity contribution in [1.29, 1.82) is 5.26 Å². The third kappa shape index (κ3) is 6.67. The van der Waals surface area contributed by atoms with E-state index < -0.39 is 17.2 Å². The van der Waals surface area contributed by atoms with Gasteiger partial charge in [0, 0.05) is 12.6 Å². The van der Waals surface area contributed by atoms with Crippen molar-refractivity contribution in [2.45, 2.75) is 89.3 Å². The van der Waals surface area contributed by atoms with Crippen LogP contribution in [0.3, 0.4) is 0 Å². The summed E-state index contributed by atoms with van der Waals surface area (Å²) < 4.78 is 42.1. The van der Waals surface area contributed by atoms with Crippen molar-refractivity contribution in [2.75, 3.05) is 13.1 Å². The molecule has 0 bridgehead atoms. The number of nitrogens with zero attached hydrogens (tertiary/aromatic N) is 2. The van der Waals surface area contributed by atoms with Gasteiger partial charge >= 0.3 is 6.18 Å². The molecule has 2 nitrogen and oxygen atoms in total. The van der Waals surface area contributed by atoms with E-state index >= 15 is 0 Å². The van der Waals surface area contributed by atoms with Crippen molar-refractivity contribution in [3.05, 3.63) is 71.3 Å². The van der Waals surface area contributed by atoms with Crippen LogP contribution in [0.5, 0.6) is 0 Å². The van der Waals surface area contributed by atoms with Gasteiger partial charge in [0.2, 0.25) is 0 Å². The van der Waals surface area contributed by atoms with Crippen LogP contribution in [0.25, 0.3) is 0 Å². The van der Waals surface area contributed by atoms with E-state index in [1.807, 2.05) is 6.07 Å². The lowest BCUT2D eigenvalue weighted by atomic mass is 9.65. The Hall–Kier alpha value is -2.32. The van der Waals surface area contributed by atoms with E-state index in [1.54, 1.807) is 12.1 Å². The van der Waals surface area contributed by atoms with E-state index in [9.17, 15) is 18.4 Å². The van der Waals surface area contributed by atoms with Crippen LogP contribution < -0.4 is 0 Å². The van der Waals surface area contributed by atoms with Gasteiger partial charge in [0.25, 0.3) is 0 Å². The predicted octanol–water partition coefficient (Wildman–Crippen LogP) is 8.17. The van der Waals surface area contributed by atoms with Crippen LogP contribution in [0.15, 0.2) is 54.6 Å². The van der Waals surface area contributed by atoms with E-state index in [4.69, 9.17) is 0 Å². The molecule has 0 amide bonds. The standard InChI is InChI=1S/C30H39F3N2/c1-3-21-35(22-19-24-12-6-5-7-13-24)26(4-2)18-20-29(23-34,25-14-8-9-15-25)27-16-10-11-17-28(27)30(31,32)33/h5-7,10-13,16-17,25-26H,3-4,8-9,14-15,18-22H2,1-2H3. The average Bonchev–Trinajstić information content (AvgIpc) is 3.41. The molecule has 0 aliphatic heterocycles. The Kier molecular flexibility index (Phi) is 9.80. The Morgan fingerprint density at radius 2 is 1.57 bits per heavy atom. The summed E-state index contributed by atoms with van der Waals surface area (Å²) in [5.74, 6) is -0.0301. The molecule has 1 aliphatic carbocycles. The molecule has 0 heterocycles. The average molecular weight is 485 g/mol. The van der Waals surface area contributed by atoms with Gasteiger partial charge in [-0.1, -0.05) is 75.2 Å². The zero-order chi connectivity index (χ0) is 25.3. The fraction of sp³-hybridized carbons (Fsp3) is 0.567. The third-order valence-electron chi connectivity index (χ3n) is 7.87. The van der Waals surface area contributed by atoms with Crippen molar-refractivity contribution < 1.29 is 13.2 Å². The van der Waals surface area contributed by atoms with Crippen molar-refractivity contribution in [2.24, 2.45) is 5.92 Å². The first-order valence-corrected chi connectivity index (χ1v) is 13.2. The minimum Gasteiger partial charge on any atom is -0.300 e. The summed E-state index contributed by atoms with van der Waals surface area (Å²) in [6, 6.07) is 18.9. The van der Waals surface area contributed by atoms with E-state index in [-0.39, 0.29) is 17.5 Å². The second-order valence-corrected chi connectivity index (χ2v) is 9.98. The molecule has 0 spiro atoms. The number of alkyl halides is 3. The molecule has 35 heavy (non-hydrogen) atoms. The highest BCUT2D eigenvalue weighted by Crippen LogP contribution is 2.49. The van der Waals surface area contributed by atoms with E-state index in [0.29, 0.717) is 6.42 Å². The summed E-state index contributed by atoms with van der Waals surface area (Å²) in [5, 5.41) is 10.5. The molecule has 2 atom stereocenters. The van der Waals surface area contributed by atoms with Crippen molar-refractivity contribution >= 4 is 0 Å². The molecule has 5 heteroatoms. The SMILES string of the molecule is CCCN(CCc1ccccc1)C(CC)CCC(C#N)(c1ccccc1C(F)(F)F)C1CCCC1. The molecular weight excluding hydrogens is 445 g/mol. The van der Waals surface area contributed by atoms with Crippen LogP contribution in [0.2, 0.25) is 0 Å². The van der Waals surface area contributed by atoms with Crippen LogP contribution in [0.1, 0.15) is 81.9 Å². The molecular formula is C30H39F3N2. The van der Waals surface area contributed by atoms with Gasteiger partial charge < -0.3 is 4.90 Å². The van der Waals surface area contributed by atoms with Gasteiger partial charge in [-0.15, -0.1) is 0 Å². The third-order valence-corrected chi connectivity index (χ3v) is 7.87. The lowest BCUT2D eigenvalue weighted by Crippen LogP contribution is -2.41. The van der Waals surface area contributed by atoms with Gasteiger partial charge in [-0.25, -0.2) is 0 Å². The number of hydrogen-bond acceptors (Lipinski definition) is 2. The quantitative estimate of drug-likeness (QED) is 0.304. The maximum atomic E-state index is 14.0. The van der Waals surface area contributed by atoms with E-state index in [2.05, 4.69) is 49.1 Å². The number of nitriles is 1. The second kappa shape index (κ2) is 12.6. The topological polar surface area (TPSA) is 27.0 Å². The van der Waals surface area contributed by atoms with Gasteiger partial charge in [-0.3, -0.25) is 0 Å². The molecule has 0 N–H and O–H groups in total. The van der Waals surface area contributed by atoms with Crippen LogP contribution in [-0.2, 0) is 18.0 Å². The number of benzene rings is 2. The van der Waals surface area contributed by atoms with Gasteiger partial charge in [0.1, 0.15) is 0 Å². The van der Waals surface area contributed by atoms with Gasteiger partial charge in [-0.05, 0) is 74.6 Å². The first-order chi connectivity index (χ1) is 16.9. The lowest BCUT2D eigenvalue weighted by Gasteiger charge is -2.38. The largest absolute Gasteiger partial charge is 0.416 e. The summed E-state index contributed by atoms with van der Waals surface area (Å²) in [7, 11) is 0. The minimum absolute atomic E-state index is 0.0301. The van der Waals surface area contributed by atoms with Crippen LogP contribution in [-0.4, -0.2) is 24.0 Å². The summed E-state index contributed by atoms with van der Waals surface area (Å²) in [5.41, 5.74) is -0.271. The molecule has 1 saturated carbocycles. The molecule has 2 aromatic carbocycles. The van der Waals surface area contributed by atoms with Crippen LogP contribution in [0.4, 0.5) is 13.2 Å². The summed E-state index contributed by atoms with van der Waals surface area (Å²) in [6.45, 7) is 6.19. The zero-order valence-corrected chi connectivity index (χ0v) is 21.2. The molecule has 190 valence electrons. The van der Waals surface area contributed by atoms with E-state index in [0.717, 1.165) is 70.5 Å². The van der Waals surface area contributed by atoms with Gasteiger partial charge in [0.15, 0.2) is 0 Å². The Balaban J connectivity index is 1.87. The highest BCUT2D eigenvalue weighted by molar-refractivity contribution is 5.42. The highest BCUT2D eigenvalue weighted by Gasteiger charge is 2.47. The molecule has 0 saturated heterocycles. The smallest absolute Gasteiger partial charge is 0.300 e. The lowest BCUT2D eigenvalue weighted by molar-refractivity contribution is -0.138. The maximum absolute atomic E-state index is 14.0. The summed E-state index contributed by atoms with van der Waals surface area (Å²) in [6.07, 6.45) is 3.22. The van der Waals surface area contributed by atoms with Crippen LogP contribution >= 0.6 is 0 Å². The normalized spacial score (nSPS) is 17.3. The Bertz CT molecular complexity index is 944. The molecule has 2 unspecified atom stereocenters. The highest BCUT2D eigenvalue weighted by atomic mass is 19.4. The molecule has 0 aromatic heterocycles. The van der Waals surface area contributed by atoms with Crippen molar-refractivity contribution in [3.63, 3.8) is 0 Å². The zero-order valence-electron chi connectivity index (χ0n) is 21.2. The predicted molar refractivity (Wildman–Crippen MR) is 136 cm³/mol. The minimum atomic E-state index is -4.47. The van der Waals surface area contributed by atoms with Crippen molar-refractivity contribution in [3.8, 4) is 6.07 Å². The van der Waals surface area contributed by atoms with Crippen molar-refractivity contribution in [1.82, 2.24) is 4.90 Å². The molecule has 1 fully saturated rings. The molecule has 2 aromatic rings. The first-order valence-electron chi connectivity index (χ1n) is 13.2. The fourth-order valence-corrected chi connectivity index (χ4v) is 6.02. The number of rotatable bonds is 12. The van der Waals surface area contributed by atoms with Gasteiger partial charge in [-0.2, -0.15) is 18.4 Å². The van der Waals surface area contributed by atoms with Crippen LogP contribution in [0, 0.1) is 17.2 Å². The van der Waals surface area contributed by atoms with E-state index in [1.165, 1.54) is 11.6 Å². The summed E-state index contributed by atoms with van der Waals surface area (Å²) >= 11 is 0. The Morgan fingerprint density at radius 3 is 2.14 bits per heavy atom. The molecule has 3 rings (SSSR count). The number of hydrogen-bond donors (Lipinski definition) is 0. The summed E-state index contributed by atoms with van der Waals surface area (Å²) in [4.78, 5) is 2.49. The monoisotopic (exact) mass is 484 g/mol. The molecule has 0 radical (unpaired) electrons. The fourth-order valence-electron chi connectivity index (χ4n) is 6.02. The molecule has 1 aliphatic rings. The number of halogens is 3.